The zero-order valence-electron chi connectivity index (χ0n) is 8.77. The number of allylic oxidation sites excluding steroid dienone is 1. The Morgan fingerprint density at radius 1 is 1.58 bits per heavy atom. The topological polar surface area (TPSA) is 0 Å². The van der Waals surface area contributed by atoms with Gasteiger partial charge in [-0.2, -0.15) is 0 Å². The van der Waals surface area contributed by atoms with Gasteiger partial charge in [-0.15, -0.1) is 18.0 Å². The van der Waals surface area contributed by atoms with Crippen molar-refractivity contribution >= 4 is 18.3 Å². The van der Waals surface area contributed by atoms with E-state index >= 15 is 0 Å². The van der Waals surface area contributed by atoms with Gasteiger partial charge in [-0.25, -0.2) is 0 Å². The summed E-state index contributed by atoms with van der Waals surface area (Å²) in [6, 6.07) is 2.97. The van der Waals surface area contributed by atoms with Crippen molar-refractivity contribution in [1.29, 1.82) is 0 Å². The molecular formula is C10H22Si2. The zero-order valence-corrected chi connectivity index (χ0v) is 11.3. The van der Waals surface area contributed by atoms with E-state index in [-0.39, 0.29) is 9.52 Å². The summed E-state index contributed by atoms with van der Waals surface area (Å²) < 4.78 is 0. The predicted molar refractivity (Wildman–Crippen MR) is 65.4 cm³/mol. The molecule has 0 aromatic rings. The molecule has 0 aliphatic rings. The SMILES string of the molecule is C=C[SiH](C)CC[SiH2]C=C(C)CC. The van der Waals surface area contributed by atoms with Crippen LogP contribution in [0.4, 0.5) is 0 Å². The van der Waals surface area contributed by atoms with Crippen LogP contribution in [0.15, 0.2) is 23.6 Å². The molecule has 0 saturated heterocycles. The molecule has 70 valence electrons. The molecular weight excluding hydrogens is 176 g/mol. The zero-order chi connectivity index (χ0) is 9.40. The molecule has 0 rings (SSSR count). The van der Waals surface area contributed by atoms with E-state index in [1.165, 1.54) is 18.5 Å². The molecule has 0 saturated carbocycles. The van der Waals surface area contributed by atoms with Crippen LogP contribution in [0.1, 0.15) is 20.3 Å². The minimum Gasteiger partial charge on any atom is -0.107 e. The van der Waals surface area contributed by atoms with Gasteiger partial charge in [-0.05, 0) is 13.3 Å². The third-order valence-electron chi connectivity index (χ3n) is 2.32. The first-order valence-corrected chi connectivity index (χ1v) is 9.44. The Morgan fingerprint density at radius 2 is 2.25 bits per heavy atom. The van der Waals surface area contributed by atoms with E-state index in [4.69, 9.17) is 0 Å². The highest BCUT2D eigenvalue weighted by Gasteiger charge is 1.96. The highest BCUT2D eigenvalue weighted by Crippen LogP contribution is 2.01. The molecule has 0 nitrogen and oxygen atoms in total. The molecule has 12 heavy (non-hydrogen) atoms. The molecule has 1 unspecified atom stereocenters. The monoisotopic (exact) mass is 198 g/mol. The number of hydrogen-bond acceptors (Lipinski definition) is 0. The van der Waals surface area contributed by atoms with Crippen LogP contribution in [0.5, 0.6) is 0 Å². The fourth-order valence-corrected chi connectivity index (χ4v) is 5.79. The van der Waals surface area contributed by atoms with Crippen LogP contribution in [-0.2, 0) is 0 Å². The van der Waals surface area contributed by atoms with Crippen molar-refractivity contribution in [2.75, 3.05) is 0 Å². The van der Waals surface area contributed by atoms with Gasteiger partial charge >= 0.3 is 0 Å². The Morgan fingerprint density at radius 3 is 2.75 bits per heavy atom. The Hall–Kier alpha value is -0.0862. The van der Waals surface area contributed by atoms with Crippen LogP contribution in [0.2, 0.25) is 18.6 Å². The van der Waals surface area contributed by atoms with Gasteiger partial charge < -0.3 is 0 Å². The summed E-state index contributed by atoms with van der Waals surface area (Å²) in [6.45, 7) is 10.7. The van der Waals surface area contributed by atoms with Gasteiger partial charge in [-0.1, -0.05) is 31.1 Å². The van der Waals surface area contributed by atoms with Crippen molar-refractivity contribution in [3.63, 3.8) is 0 Å². The van der Waals surface area contributed by atoms with Crippen molar-refractivity contribution < 1.29 is 0 Å². The first-order valence-electron chi connectivity index (χ1n) is 4.98. The van der Waals surface area contributed by atoms with Gasteiger partial charge in [0.25, 0.3) is 0 Å². The second kappa shape index (κ2) is 7.56. The van der Waals surface area contributed by atoms with Crippen molar-refractivity contribution in [1.82, 2.24) is 0 Å². The van der Waals surface area contributed by atoms with Gasteiger partial charge in [0.05, 0.1) is 8.80 Å². The second-order valence-corrected chi connectivity index (χ2v) is 8.24. The standard InChI is InChI=1S/C10H22Si2/c1-5-10(3)9-11-7-8-12(4)6-2/h6,9,12H,2,5,7-8,11H2,1,3-4H3. The lowest BCUT2D eigenvalue weighted by atomic mass is 10.3. The minimum absolute atomic E-state index is 0.126. The lowest BCUT2D eigenvalue weighted by Gasteiger charge is -2.01. The first kappa shape index (κ1) is 11.9. The van der Waals surface area contributed by atoms with Crippen LogP contribution in [0, 0.1) is 0 Å². The Labute approximate surface area is 81.2 Å². The number of hydrogen-bond donors (Lipinski definition) is 0. The van der Waals surface area contributed by atoms with Crippen LogP contribution >= 0.6 is 0 Å². The van der Waals surface area contributed by atoms with Crippen molar-refractivity contribution in [2.45, 2.75) is 38.9 Å². The van der Waals surface area contributed by atoms with Crippen molar-refractivity contribution in [3.8, 4) is 0 Å². The maximum absolute atomic E-state index is 3.85. The van der Waals surface area contributed by atoms with Crippen LogP contribution < -0.4 is 0 Å². The van der Waals surface area contributed by atoms with Gasteiger partial charge in [0, 0.05) is 9.52 Å². The molecule has 0 N–H and O–H groups in total. The summed E-state index contributed by atoms with van der Waals surface area (Å²) in [6.07, 6.45) is 1.24. The molecule has 0 spiro atoms. The fourth-order valence-electron chi connectivity index (χ4n) is 1.05. The molecule has 0 bridgehead atoms. The highest BCUT2D eigenvalue weighted by molar-refractivity contribution is 6.64. The molecule has 0 heterocycles. The molecule has 0 aliphatic carbocycles. The third kappa shape index (κ3) is 6.61. The van der Waals surface area contributed by atoms with Crippen molar-refractivity contribution in [3.05, 3.63) is 23.6 Å². The third-order valence-corrected chi connectivity index (χ3v) is 7.06. The molecule has 0 fully saturated rings. The average molecular weight is 198 g/mol. The number of rotatable bonds is 6. The van der Waals surface area contributed by atoms with E-state index in [9.17, 15) is 0 Å². The fraction of sp³-hybridized carbons (Fsp3) is 0.600. The van der Waals surface area contributed by atoms with E-state index in [0.717, 1.165) is 0 Å². The van der Waals surface area contributed by atoms with E-state index in [1.807, 2.05) is 0 Å². The molecule has 0 amide bonds. The maximum Gasteiger partial charge on any atom is 0.0574 e. The Balaban J connectivity index is 3.38. The van der Waals surface area contributed by atoms with Crippen LogP contribution in [-0.4, -0.2) is 18.3 Å². The summed E-state index contributed by atoms with van der Waals surface area (Å²) in [4.78, 5) is 0. The predicted octanol–water partition coefficient (Wildman–Crippen LogP) is 2.47. The van der Waals surface area contributed by atoms with E-state index in [2.05, 4.69) is 38.4 Å². The van der Waals surface area contributed by atoms with Gasteiger partial charge in [-0.3, -0.25) is 0 Å². The maximum atomic E-state index is 3.85. The molecule has 0 aromatic heterocycles. The first-order chi connectivity index (χ1) is 5.70. The molecule has 0 aromatic carbocycles. The second-order valence-electron chi connectivity index (χ2n) is 3.55. The summed E-state index contributed by atoms with van der Waals surface area (Å²) in [7, 11) is -0.358. The van der Waals surface area contributed by atoms with Crippen LogP contribution in [0.3, 0.4) is 0 Å². The van der Waals surface area contributed by atoms with Crippen LogP contribution in [0.25, 0.3) is 0 Å². The van der Waals surface area contributed by atoms with Crippen molar-refractivity contribution in [2.24, 2.45) is 0 Å². The Bertz CT molecular complexity index is 150. The Kier molecular flexibility index (Phi) is 7.50. The quantitative estimate of drug-likeness (QED) is 0.454. The normalized spacial score (nSPS) is 15.4. The molecule has 0 aliphatic heterocycles. The van der Waals surface area contributed by atoms with E-state index in [1.54, 1.807) is 5.57 Å². The summed E-state index contributed by atoms with van der Waals surface area (Å²) in [5, 5.41) is 0. The lowest BCUT2D eigenvalue weighted by molar-refractivity contribution is 1.10. The minimum atomic E-state index is -0.484. The van der Waals surface area contributed by atoms with Gasteiger partial charge in [0.2, 0.25) is 0 Å². The van der Waals surface area contributed by atoms with E-state index < -0.39 is 8.80 Å². The lowest BCUT2D eigenvalue weighted by Crippen LogP contribution is -2.02. The summed E-state index contributed by atoms with van der Waals surface area (Å²) >= 11 is 0. The smallest absolute Gasteiger partial charge is 0.0574 e. The molecule has 0 radical (unpaired) electrons. The average Bonchev–Trinajstić information content (AvgIpc) is 2.11. The molecule has 1 atom stereocenters. The van der Waals surface area contributed by atoms with Gasteiger partial charge in [0.15, 0.2) is 0 Å². The summed E-state index contributed by atoms with van der Waals surface area (Å²) in [5.41, 5.74) is 6.31. The van der Waals surface area contributed by atoms with E-state index in [0.29, 0.717) is 0 Å². The summed E-state index contributed by atoms with van der Waals surface area (Å²) in [5.74, 6) is 0. The molecule has 2 heteroatoms. The largest absolute Gasteiger partial charge is 0.107 e. The van der Waals surface area contributed by atoms with Gasteiger partial charge in [0.1, 0.15) is 0 Å². The highest BCUT2D eigenvalue weighted by atomic mass is 28.3.